The number of hydrogen-bond donors (Lipinski definition) is 1. The van der Waals surface area contributed by atoms with Gasteiger partial charge >= 0.3 is 0 Å². The summed E-state index contributed by atoms with van der Waals surface area (Å²) in [4.78, 5) is 0. The van der Waals surface area contributed by atoms with Crippen molar-refractivity contribution >= 4 is 11.6 Å². The summed E-state index contributed by atoms with van der Waals surface area (Å²) in [5, 5.41) is 8.59. The normalized spacial score (nSPS) is 9.42. The Balaban J connectivity index is 0.000000200. The first kappa shape index (κ1) is 15.2. The topological polar surface area (TPSA) is 29.5 Å². The van der Waals surface area contributed by atoms with Gasteiger partial charge in [-0.15, -0.1) is 11.6 Å². The SMILES string of the molecule is Fc1ccc(OCCCl)cc1.Oc1ccc(F)cc1. The lowest BCUT2D eigenvalue weighted by Crippen LogP contribution is -1.97. The molecule has 0 bridgehead atoms. The van der Waals surface area contributed by atoms with Crippen molar-refractivity contribution in [2.75, 3.05) is 12.5 Å². The Morgan fingerprint density at radius 1 is 0.895 bits per heavy atom. The van der Waals surface area contributed by atoms with Crippen LogP contribution in [0.2, 0.25) is 0 Å². The highest BCUT2D eigenvalue weighted by molar-refractivity contribution is 6.17. The first-order valence-electron chi connectivity index (χ1n) is 5.50. The summed E-state index contributed by atoms with van der Waals surface area (Å²) in [6.07, 6.45) is 0. The summed E-state index contributed by atoms with van der Waals surface area (Å²) >= 11 is 5.38. The largest absolute Gasteiger partial charge is 0.508 e. The van der Waals surface area contributed by atoms with Crippen molar-refractivity contribution in [1.29, 1.82) is 0 Å². The average Bonchev–Trinajstić information content (AvgIpc) is 2.42. The number of ether oxygens (including phenoxy) is 1. The van der Waals surface area contributed by atoms with Gasteiger partial charge in [0, 0.05) is 0 Å². The fourth-order valence-corrected chi connectivity index (χ4v) is 1.21. The molecule has 0 spiro atoms. The van der Waals surface area contributed by atoms with Crippen LogP contribution in [0, 0.1) is 11.6 Å². The molecule has 0 aromatic heterocycles. The van der Waals surface area contributed by atoms with Gasteiger partial charge in [0.25, 0.3) is 0 Å². The third-order valence-corrected chi connectivity index (χ3v) is 2.14. The smallest absolute Gasteiger partial charge is 0.123 e. The van der Waals surface area contributed by atoms with Crippen molar-refractivity contribution in [3.05, 3.63) is 60.2 Å². The molecule has 0 amide bonds. The summed E-state index contributed by atoms with van der Waals surface area (Å²) in [7, 11) is 0. The molecule has 2 rings (SSSR count). The number of phenols is 1. The van der Waals surface area contributed by atoms with Gasteiger partial charge in [-0.1, -0.05) is 0 Å². The van der Waals surface area contributed by atoms with Crippen molar-refractivity contribution in [3.63, 3.8) is 0 Å². The lowest BCUT2D eigenvalue weighted by atomic mass is 10.3. The Kier molecular flexibility index (Phi) is 6.68. The third-order valence-electron chi connectivity index (χ3n) is 1.99. The molecule has 0 heterocycles. The molecule has 0 saturated heterocycles. The van der Waals surface area contributed by atoms with Gasteiger partial charge in [-0.2, -0.15) is 0 Å². The van der Waals surface area contributed by atoms with Crippen LogP contribution in [0.1, 0.15) is 0 Å². The van der Waals surface area contributed by atoms with E-state index in [4.69, 9.17) is 21.4 Å². The molecule has 102 valence electrons. The molecule has 0 aliphatic rings. The van der Waals surface area contributed by atoms with E-state index in [2.05, 4.69) is 0 Å². The summed E-state index contributed by atoms with van der Waals surface area (Å²) in [6, 6.07) is 10.9. The Morgan fingerprint density at radius 3 is 1.79 bits per heavy atom. The van der Waals surface area contributed by atoms with Crippen molar-refractivity contribution in [2.45, 2.75) is 0 Å². The van der Waals surface area contributed by atoms with Crippen LogP contribution in [-0.4, -0.2) is 17.6 Å². The summed E-state index contributed by atoms with van der Waals surface area (Å²) in [5.41, 5.74) is 0. The highest BCUT2D eigenvalue weighted by Crippen LogP contribution is 2.10. The zero-order valence-electron chi connectivity index (χ0n) is 10.0. The first-order chi connectivity index (χ1) is 9.11. The molecule has 0 radical (unpaired) electrons. The second kappa shape index (κ2) is 8.32. The maximum absolute atomic E-state index is 12.3. The van der Waals surface area contributed by atoms with E-state index in [9.17, 15) is 8.78 Å². The van der Waals surface area contributed by atoms with Crippen LogP contribution >= 0.6 is 11.6 Å². The molecule has 5 heteroatoms. The molecule has 0 fully saturated rings. The van der Waals surface area contributed by atoms with Gasteiger partial charge in [0.2, 0.25) is 0 Å². The molecule has 0 aliphatic carbocycles. The summed E-state index contributed by atoms with van der Waals surface area (Å²) in [5.74, 6) is 0.585. The van der Waals surface area contributed by atoms with Gasteiger partial charge < -0.3 is 9.84 Å². The maximum Gasteiger partial charge on any atom is 0.123 e. The van der Waals surface area contributed by atoms with Crippen LogP contribution in [0.5, 0.6) is 11.5 Å². The van der Waals surface area contributed by atoms with Crippen LogP contribution in [-0.2, 0) is 0 Å². The van der Waals surface area contributed by atoms with E-state index in [0.29, 0.717) is 18.2 Å². The van der Waals surface area contributed by atoms with Crippen molar-refractivity contribution in [2.24, 2.45) is 0 Å². The number of alkyl halides is 1. The van der Waals surface area contributed by atoms with Crippen molar-refractivity contribution in [3.8, 4) is 11.5 Å². The van der Waals surface area contributed by atoms with E-state index in [1.54, 1.807) is 12.1 Å². The fraction of sp³-hybridized carbons (Fsp3) is 0.143. The van der Waals surface area contributed by atoms with Gasteiger partial charge in [0.05, 0.1) is 5.88 Å². The summed E-state index contributed by atoms with van der Waals surface area (Å²) in [6.45, 7) is 0.452. The molecule has 0 aliphatic heterocycles. The highest BCUT2D eigenvalue weighted by Gasteiger charge is 1.92. The molecule has 0 saturated carbocycles. The number of aromatic hydroxyl groups is 1. The Bertz CT molecular complexity index is 451. The molecule has 2 nitrogen and oxygen atoms in total. The van der Waals surface area contributed by atoms with E-state index in [0.717, 1.165) is 0 Å². The lowest BCUT2D eigenvalue weighted by molar-refractivity contribution is 0.342. The van der Waals surface area contributed by atoms with Gasteiger partial charge in [-0.3, -0.25) is 0 Å². The molecule has 0 atom stereocenters. The average molecular weight is 287 g/mol. The number of halogens is 3. The Labute approximate surface area is 115 Å². The zero-order valence-corrected chi connectivity index (χ0v) is 10.8. The fourth-order valence-electron chi connectivity index (χ4n) is 1.13. The second-order valence-electron chi connectivity index (χ2n) is 3.47. The third kappa shape index (κ3) is 6.62. The molecule has 19 heavy (non-hydrogen) atoms. The van der Waals surface area contributed by atoms with Crippen LogP contribution in [0.15, 0.2) is 48.5 Å². The standard InChI is InChI=1S/C8H8ClFO.C6H5FO/c9-5-6-11-8-3-1-7(10)2-4-8;7-5-1-3-6(8)4-2-5/h1-4H,5-6H2;1-4,8H. The van der Waals surface area contributed by atoms with Gasteiger partial charge in [-0.25, -0.2) is 8.78 Å². The first-order valence-corrected chi connectivity index (χ1v) is 6.04. The number of hydrogen-bond acceptors (Lipinski definition) is 2. The molecular weight excluding hydrogens is 274 g/mol. The molecular formula is C14H13ClF2O2. The molecule has 1 N–H and O–H groups in total. The van der Waals surface area contributed by atoms with E-state index in [1.807, 2.05) is 0 Å². The van der Waals surface area contributed by atoms with Gasteiger partial charge in [-0.05, 0) is 48.5 Å². The van der Waals surface area contributed by atoms with Crippen LogP contribution in [0.3, 0.4) is 0 Å². The second-order valence-corrected chi connectivity index (χ2v) is 3.85. The van der Waals surface area contributed by atoms with Crippen LogP contribution in [0.25, 0.3) is 0 Å². The van der Waals surface area contributed by atoms with Crippen molar-refractivity contribution < 1.29 is 18.6 Å². The number of phenolic OH excluding ortho intramolecular Hbond substituents is 1. The lowest BCUT2D eigenvalue weighted by Gasteiger charge is -2.01. The molecule has 2 aromatic carbocycles. The van der Waals surface area contributed by atoms with E-state index in [1.165, 1.54) is 36.4 Å². The Morgan fingerprint density at radius 2 is 1.37 bits per heavy atom. The minimum Gasteiger partial charge on any atom is -0.508 e. The van der Waals surface area contributed by atoms with Gasteiger partial charge in [0.15, 0.2) is 0 Å². The van der Waals surface area contributed by atoms with Gasteiger partial charge in [0.1, 0.15) is 29.7 Å². The monoisotopic (exact) mass is 286 g/mol. The van der Waals surface area contributed by atoms with Crippen LogP contribution < -0.4 is 4.74 Å². The highest BCUT2D eigenvalue weighted by atomic mass is 35.5. The molecule has 0 unspecified atom stereocenters. The van der Waals surface area contributed by atoms with E-state index < -0.39 is 0 Å². The zero-order chi connectivity index (χ0) is 14.1. The van der Waals surface area contributed by atoms with Crippen molar-refractivity contribution in [1.82, 2.24) is 0 Å². The predicted octanol–water partition coefficient (Wildman–Crippen LogP) is 3.97. The number of rotatable bonds is 3. The number of benzene rings is 2. The minimum absolute atomic E-state index is 0.0893. The predicted molar refractivity (Wildman–Crippen MR) is 70.7 cm³/mol. The summed E-state index contributed by atoms with van der Waals surface area (Å²) < 4.78 is 29.4. The van der Waals surface area contributed by atoms with E-state index >= 15 is 0 Å². The van der Waals surface area contributed by atoms with E-state index in [-0.39, 0.29) is 17.4 Å². The quantitative estimate of drug-likeness (QED) is 0.865. The minimum atomic E-state index is -0.331. The maximum atomic E-state index is 12.3. The van der Waals surface area contributed by atoms with Crippen LogP contribution in [0.4, 0.5) is 8.78 Å². The Hall–Kier alpha value is -1.81. The molecule has 2 aromatic rings.